The molecule has 0 aliphatic rings. The summed E-state index contributed by atoms with van der Waals surface area (Å²) in [7, 11) is 1.59. The summed E-state index contributed by atoms with van der Waals surface area (Å²) in [6.07, 6.45) is 0. The monoisotopic (exact) mass is 140 g/mol. The van der Waals surface area contributed by atoms with E-state index in [1.54, 1.807) is 7.11 Å². The van der Waals surface area contributed by atoms with Crippen LogP contribution in [0.5, 0.6) is 0 Å². The summed E-state index contributed by atoms with van der Waals surface area (Å²) in [4.78, 5) is 8.79. The molecule has 0 aromatic rings. The number of hydrogen-bond donors (Lipinski definition) is 0. The first-order valence-electron chi connectivity index (χ1n) is 2.21. The van der Waals surface area contributed by atoms with Crippen LogP contribution in [0.3, 0.4) is 0 Å². The first kappa shape index (κ1) is 8.17. The standard InChI is InChI=1S/C4H9ClO3/c1-6-2-3-7-8-4-5/h2-4H2,1H3. The van der Waals surface area contributed by atoms with Crippen molar-refractivity contribution in [2.24, 2.45) is 0 Å². The molecule has 50 valence electrons. The summed E-state index contributed by atoms with van der Waals surface area (Å²) in [6, 6.07) is 0.0592. The van der Waals surface area contributed by atoms with Gasteiger partial charge >= 0.3 is 0 Å². The van der Waals surface area contributed by atoms with Gasteiger partial charge in [0.25, 0.3) is 0 Å². The highest BCUT2D eigenvalue weighted by Crippen LogP contribution is 1.80. The first-order chi connectivity index (χ1) is 3.91. The summed E-state index contributed by atoms with van der Waals surface area (Å²) in [5.41, 5.74) is 0. The number of rotatable bonds is 5. The molecule has 0 heterocycles. The quantitative estimate of drug-likeness (QED) is 0.245. The third kappa shape index (κ3) is 6.17. The molecule has 0 aromatic heterocycles. The minimum Gasteiger partial charge on any atom is -0.382 e. The maximum absolute atomic E-state index is 5.09. The molecule has 0 aliphatic carbocycles. The first-order valence-corrected chi connectivity index (χ1v) is 2.74. The van der Waals surface area contributed by atoms with Gasteiger partial charge in [0, 0.05) is 7.11 Å². The van der Waals surface area contributed by atoms with E-state index in [0.717, 1.165) is 0 Å². The zero-order valence-electron chi connectivity index (χ0n) is 4.72. The molecular weight excluding hydrogens is 131 g/mol. The van der Waals surface area contributed by atoms with Crippen LogP contribution in [-0.2, 0) is 14.5 Å². The van der Waals surface area contributed by atoms with E-state index in [-0.39, 0.29) is 6.07 Å². The van der Waals surface area contributed by atoms with E-state index < -0.39 is 0 Å². The van der Waals surface area contributed by atoms with Gasteiger partial charge in [-0.2, -0.15) is 0 Å². The highest BCUT2D eigenvalue weighted by atomic mass is 35.5. The zero-order chi connectivity index (χ0) is 6.24. The molecule has 0 saturated heterocycles. The lowest BCUT2D eigenvalue weighted by molar-refractivity contribution is -0.284. The molecule has 8 heavy (non-hydrogen) atoms. The maximum Gasteiger partial charge on any atom is 0.156 e. The fraction of sp³-hybridized carbons (Fsp3) is 1.00. The van der Waals surface area contributed by atoms with Crippen LogP contribution in [0.4, 0.5) is 0 Å². The van der Waals surface area contributed by atoms with Crippen molar-refractivity contribution >= 4 is 11.6 Å². The van der Waals surface area contributed by atoms with E-state index in [1.165, 1.54) is 0 Å². The minimum absolute atomic E-state index is 0.0592. The molecule has 0 amide bonds. The van der Waals surface area contributed by atoms with Gasteiger partial charge in [0.1, 0.15) is 6.61 Å². The molecule has 0 bridgehead atoms. The lowest BCUT2D eigenvalue weighted by Gasteiger charge is -1.97. The van der Waals surface area contributed by atoms with Gasteiger partial charge in [0.15, 0.2) is 6.07 Å². The summed E-state index contributed by atoms with van der Waals surface area (Å²) in [6.45, 7) is 0.945. The molecule has 0 spiro atoms. The van der Waals surface area contributed by atoms with Gasteiger partial charge in [-0.15, -0.1) is 0 Å². The number of hydrogen-bond acceptors (Lipinski definition) is 3. The Bertz CT molecular complexity index is 36.3. The average Bonchev–Trinajstić information content (AvgIpc) is 1.81. The van der Waals surface area contributed by atoms with Crippen molar-refractivity contribution in [3.8, 4) is 0 Å². The van der Waals surface area contributed by atoms with Crippen molar-refractivity contribution < 1.29 is 14.5 Å². The second kappa shape index (κ2) is 7.17. The van der Waals surface area contributed by atoms with E-state index >= 15 is 0 Å². The van der Waals surface area contributed by atoms with Gasteiger partial charge in [-0.3, -0.25) is 0 Å². The molecule has 0 fully saturated rings. The predicted octanol–water partition coefficient (Wildman–Crippen LogP) is 0.777. The molecule has 3 nitrogen and oxygen atoms in total. The van der Waals surface area contributed by atoms with Gasteiger partial charge in [-0.25, -0.2) is 9.78 Å². The maximum atomic E-state index is 5.09. The Morgan fingerprint density at radius 3 is 2.50 bits per heavy atom. The van der Waals surface area contributed by atoms with Crippen molar-refractivity contribution in [3.05, 3.63) is 0 Å². The number of alkyl halides is 1. The Hall–Kier alpha value is 0.170. The summed E-state index contributed by atoms with van der Waals surface area (Å²) < 4.78 is 4.64. The van der Waals surface area contributed by atoms with Crippen molar-refractivity contribution in [2.45, 2.75) is 0 Å². The van der Waals surface area contributed by atoms with Crippen LogP contribution in [0.1, 0.15) is 0 Å². The Labute approximate surface area is 53.4 Å². The fourth-order valence-electron chi connectivity index (χ4n) is 0.208. The SMILES string of the molecule is COCCOOCCl. The molecule has 0 atom stereocenters. The largest absolute Gasteiger partial charge is 0.382 e. The van der Waals surface area contributed by atoms with Gasteiger partial charge in [-0.05, 0) is 0 Å². The Morgan fingerprint density at radius 1 is 1.25 bits per heavy atom. The highest BCUT2D eigenvalue weighted by molar-refractivity contribution is 6.17. The van der Waals surface area contributed by atoms with E-state index in [0.29, 0.717) is 13.2 Å². The van der Waals surface area contributed by atoms with Crippen LogP contribution in [0.15, 0.2) is 0 Å². The van der Waals surface area contributed by atoms with Gasteiger partial charge in [0.2, 0.25) is 0 Å². The topological polar surface area (TPSA) is 27.7 Å². The van der Waals surface area contributed by atoms with E-state index in [2.05, 4.69) is 14.5 Å². The third-order valence-corrected chi connectivity index (χ3v) is 0.588. The van der Waals surface area contributed by atoms with Gasteiger partial charge in [-0.1, -0.05) is 11.6 Å². The molecule has 0 rings (SSSR count). The summed E-state index contributed by atoms with van der Waals surface area (Å²) in [5.74, 6) is 0. The van der Waals surface area contributed by atoms with Crippen LogP contribution in [0, 0.1) is 0 Å². The van der Waals surface area contributed by atoms with Crippen LogP contribution in [-0.4, -0.2) is 26.4 Å². The predicted molar refractivity (Wildman–Crippen MR) is 29.6 cm³/mol. The number of methoxy groups -OCH3 is 1. The molecule has 0 aromatic carbocycles. The molecule has 0 N–H and O–H groups in total. The minimum atomic E-state index is 0.0592. The lowest BCUT2D eigenvalue weighted by atomic mass is 10.8. The van der Waals surface area contributed by atoms with Crippen LogP contribution in [0.2, 0.25) is 0 Å². The van der Waals surface area contributed by atoms with Crippen molar-refractivity contribution in [1.29, 1.82) is 0 Å². The number of ether oxygens (including phenoxy) is 1. The zero-order valence-corrected chi connectivity index (χ0v) is 5.48. The van der Waals surface area contributed by atoms with Crippen molar-refractivity contribution in [3.63, 3.8) is 0 Å². The molecular formula is C4H9ClO3. The average molecular weight is 141 g/mol. The second-order valence-corrected chi connectivity index (χ2v) is 1.26. The smallest absolute Gasteiger partial charge is 0.156 e. The van der Waals surface area contributed by atoms with Gasteiger partial charge in [0.05, 0.1) is 6.61 Å². The van der Waals surface area contributed by atoms with Crippen LogP contribution >= 0.6 is 11.6 Å². The molecule has 0 radical (unpaired) electrons. The normalized spacial score (nSPS) is 9.75. The second-order valence-electron chi connectivity index (χ2n) is 1.04. The molecule has 0 aliphatic heterocycles. The fourth-order valence-corrected chi connectivity index (χ4v) is 0.271. The van der Waals surface area contributed by atoms with Crippen LogP contribution < -0.4 is 0 Å². The van der Waals surface area contributed by atoms with Crippen molar-refractivity contribution in [2.75, 3.05) is 26.4 Å². The summed E-state index contributed by atoms with van der Waals surface area (Å²) in [5, 5.41) is 0. The third-order valence-electron chi connectivity index (χ3n) is 0.499. The van der Waals surface area contributed by atoms with Crippen molar-refractivity contribution in [1.82, 2.24) is 0 Å². The van der Waals surface area contributed by atoms with E-state index in [9.17, 15) is 0 Å². The molecule has 0 unspecified atom stereocenters. The Kier molecular flexibility index (Phi) is 7.32. The lowest BCUT2D eigenvalue weighted by Crippen LogP contribution is -2.01. The molecule has 0 saturated carbocycles. The Balaban J connectivity index is 2.53. The molecule has 4 heteroatoms. The van der Waals surface area contributed by atoms with E-state index in [4.69, 9.17) is 11.6 Å². The highest BCUT2D eigenvalue weighted by Gasteiger charge is 1.82. The van der Waals surface area contributed by atoms with Crippen LogP contribution in [0.25, 0.3) is 0 Å². The van der Waals surface area contributed by atoms with E-state index in [1.807, 2.05) is 0 Å². The van der Waals surface area contributed by atoms with Gasteiger partial charge < -0.3 is 4.74 Å². The summed E-state index contributed by atoms with van der Waals surface area (Å²) >= 11 is 5.09. The Morgan fingerprint density at radius 2 is 2.00 bits per heavy atom. The number of halogens is 1.